The second kappa shape index (κ2) is 4.97. The third-order valence-corrected chi connectivity index (χ3v) is 2.93. The van der Waals surface area contributed by atoms with E-state index >= 15 is 0 Å². The summed E-state index contributed by atoms with van der Waals surface area (Å²) in [6, 6.07) is 1.70. The monoisotopic (exact) mass is 292 g/mol. The van der Waals surface area contributed by atoms with Crippen molar-refractivity contribution in [1.29, 1.82) is 0 Å². The van der Waals surface area contributed by atoms with Crippen molar-refractivity contribution in [3.63, 3.8) is 0 Å². The quantitative estimate of drug-likeness (QED) is 0.777. The fourth-order valence-electron chi connectivity index (χ4n) is 1.93. The number of hydrogen-bond donors (Lipinski definition) is 2. The molecule has 0 spiro atoms. The molecule has 0 fully saturated rings. The Hall–Kier alpha value is -2.77. The minimum absolute atomic E-state index is 0.0399. The number of aromatic nitrogens is 3. The Bertz CT molecular complexity index is 825. The number of halogens is 2. The van der Waals surface area contributed by atoms with Crippen LogP contribution in [0.2, 0.25) is 0 Å². The van der Waals surface area contributed by atoms with Crippen molar-refractivity contribution in [2.75, 3.05) is 5.32 Å². The van der Waals surface area contributed by atoms with Gasteiger partial charge in [-0.3, -0.25) is 15.2 Å². The summed E-state index contributed by atoms with van der Waals surface area (Å²) in [7, 11) is 0. The van der Waals surface area contributed by atoms with Gasteiger partial charge >= 0.3 is 0 Å². The second-order valence-electron chi connectivity index (χ2n) is 4.32. The molecule has 0 saturated carbocycles. The number of aryl methyl sites for hydroxylation is 1. The van der Waals surface area contributed by atoms with Gasteiger partial charge in [-0.25, -0.2) is 8.78 Å². The SMILES string of the molecule is CCc1nc(NC(=O)c2coc3cc(F)cc(F)c23)n[nH]1. The zero-order valence-corrected chi connectivity index (χ0v) is 10.9. The van der Waals surface area contributed by atoms with Crippen LogP contribution < -0.4 is 5.32 Å². The maximum Gasteiger partial charge on any atom is 0.262 e. The van der Waals surface area contributed by atoms with Crippen LogP contribution >= 0.6 is 0 Å². The van der Waals surface area contributed by atoms with Crippen LogP contribution in [0, 0.1) is 11.6 Å². The minimum atomic E-state index is -0.867. The van der Waals surface area contributed by atoms with Crippen molar-refractivity contribution < 1.29 is 18.0 Å². The Morgan fingerprint density at radius 3 is 2.95 bits per heavy atom. The summed E-state index contributed by atoms with van der Waals surface area (Å²) < 4.78 is 31.9. The van der Waals surface area contributed by atoms with E-state index in [0.717, 1.165) is 12.3 Å². The molecule has 0 bridgehead atoms. The van der Waals surface area contributed by atoms with Gasteiger partial charge in [0, 0.05) is 18.6 Å². The van der Waals surface area contributed by atoms with E-state index < -0.39 is 17.5 Å². The summed E-state index contributed by atoms with van der Waals surface area (Å²) in [6.07, 6.45) is 1.70. The van der Waals surface area contributed by atoms with Crippen molar-refractivity contribution in [2.45, 2.75) is 13.3 Å². The Balaban J connectivity index is 1.94. The number of aromatic amines is 1. The smallest absolute Gasteiger partial charge is 0.262 e. The van der Waals surface area contributed by atoms with E-state index in [-0.39, 0.29) is 22.5 Å². The highest BCUT2D eigenvalue weighted by atomic mass is 19.1. The molecular formula is C13H10F2N4O2. The van der Waals surface area contributed by atoms with Gasteiger partial charge in [-0.2, -0.15) is 4.98 Å². The van der Waals surface area contributed by atoms with Crippen LogP contribution in [-0.2, 0) is 6.42 Å². The molecule has 2 heterocycles. The molecule has 2 N–H and O–H groups in total. The van der Waals surface area contributed by atoms with E-state index in [1.807, 2.05) is 6.92 Å². The van der Waals surface area contributed by atoms with Crippen LogP contribution in [-0.4, -0.2) is 21.1 Å². The number of carbonyl (C=O) groups is 1. The second-order valence-corrected chi connectivity index (χ2v) is 4.32. The number of amides is 1. The summed E-state index contributed by atoms with van der Waals surface area (Å²) in [4.78, 5) is 16.1. The lowest BCUT2D eigenvalue weighted by atomic mass is 10.1. The number of nitrogens with zero attached hydrogens (tertiary/aromatic N) is 2. The van der Waals surface area contributed by atoms with Gasteiger partial charge in [0.1, 0.15) is 29.3 Å². The van der Waals surface area contributed by atoms with Crippen LogP contribution in [0.3, 0.4) is 0 Å². The van der Waals surface area contributed by atoms with Crippen LogP contribution in [0.15, 0.2) is 22.8 Å². The lowest BCUT2D eigenvalue weighted by Gasteiger charge is -1.99. The van der Waals surface area contributed by atoms with Crippen LogP contribution in [0.5, 0.6) is 0 Å². The normalized spacial score (nSPS) is 11.0. The van der Waals surface area contributed by atoms with Crippen molar-refractivity contribution in [3.8, 4) is 0 Å². The molecule has 3 aromatic rings. The van der Waals surface area contributed by atoms with E-state index in [4.69, 9.17) is 4.42 Å². The van der Waals surface area contributed by atoms with Gasteiger partial charge in [0.2, 0.25) is 5.95 Å². The van der Waals surface area contributed by atoms with Gasteiger partial charge in [0.05, 0.1) is 10.9 Å². The van der Waals surface area contributed by atoms with Crippen LogP contribution in [0.25, 0.3) is 11.0 Å². The van der Waals surface area contributed by atoms with Gasteiger partial charge in [-0.15, -0.1) is 5.10 Å². The summed E-state index contributed by atoms with van der Waals surface area (Å²) in [5.41, 5.74) is -0.0905. The molecule has 0 unspecified atom stereocenters. The molecule has 21 heavy (non-hydrogen) atoms. The molecule has 1 amide bonds. The molecular weight excluding hydrogens is 282 g/mol. The topological polar surface area (TPSA) is 83.8 Å². The van der Waals surface area contributed by atoms with Crippen molar-refractivity contribution in [1.82, 2.24) is 15.2 Å². The Kier molecular flexibility index (Phi) is 3.13. The molecule has 1 aromatic carbocycles. The third kappa shape index (κ3) is 2.35. The Morgan fingerprint density at radius 2 is 2.24 bits per heavy atom. The number of H-pyrrole nitrogens is 1. The first-order chi connectivity index (χ1) is 10.1. The number of carbonyl (C=O) groups excluding carboxylic acids is 1. The van der Waals surface area contributed by atoms with Gasteiger partial charge in [-0.1, -0.05) is 6.92 Å². The number of fused-ring (bicyclic) bond motifs is 1. The van der Waals surface area contributed by atoms with Crippen LogP contribution in [0.1, 0.15) is 23.1 Å². The molecule has 108 valence electrons. The zero-order chi connectivity index (χ0) is 15.0. The molecule has 0 saturated heterocycles. The Morgan fingerprint density at radius 1 is 1.43 bits per heavy atom. The van der Waals surface area contributed by atoms with Gasteiger partial charge in [0.15, 0.2) is 0 Å². The summed E-state index contributed by atoms with van der Waals surface area (Å²) in [6.45, 7) is 1.87. The number of benzene rings is 1. The molecule has 0 aliphatic carbocycles. The fourth-order valence-corrected chi connectivity index (χ4v) is 1.93. The predicted molar refractivity (Wildman–Crippen MR) is 69.8 cm³/mol. The van der Waals surface area contributed by atoms with E-state index in [9.17, 15) is 13.6 Å². The van der Waals surface area contributed by atoms with E-state index in [0.29, 0.717) is 18.3 Å². The lowest BCUT2D eigenvalue weighted by molar-refractivity contribution is 0.102. The average molecular weight is 292 g/mol. The average Bonchev–Trinajstić information content (AvgIpc) is 3.04. The van der Waals surface area contributed by atoms with Gasteiger partial charge in [0.25, 0.3) is 5.91 Å². The first-order valence-corrected chi connectivity index (χ1v) is 6.17. The minimum Gasteiger partial charge on any atom is -0.463 e. The van der Waals surface area contributed by atoms with Crippen LogP contribution in [0.4, 0.5) is 14.7 Å². The molecule has 0 atom stereocenters. The van der Waals surface area contributed by atoms with E-state index in [2.05, 4.69) is 20.5 Å². The summed E-state index contributed by atoms with van der Waals surface area (Å²) >= 11 is 0. The highest BCUT2D eigenvalue weighted by molar-refractivity contribution is 6.11. The largest absolute Gasteiger partial charge is 0.463 e. The van der Waals surface area contributed by atoms with Gasteiger partial charge < -0.3 is 4.42 Å². The first kappa shape index (κ1) is 13.2. The highest BCUT2D eigenvalue weighted by Crippen LogP contribution is 2.25. The number of nitrogens with one attached hydrogen (secondary N) is 2. The summed E-state index contributed by atoms with van der Waals surface area (Å²) in [5.74, 6) is -1.60. The number of hydrogen-bond acceptors (Lipinski definition) is 4. The van der Waals surface area contributed by atoms with E-state index in [1.165, 1.54) is 0 Å². The maximum atomic E-state index is 13.8. The highest BCUT2D eigenvalue weighted by Gasteiger charge is 2.19. The predicted octanol–water partition coefficient (Wildman–Crippen LogP) is 2.64. The fraction of sp³-hybridized carbons (Fsp3) is 0.154. The molecule has 6 nitrogen and oxygen atoms in total. The lowest BCUT2D eigenvalue weighted by Crippen LogP contribution is -2.12. The van der Waals surface area contributed by atoms with Gasteiger partial charge in [-0.05, 0) is 0 Å². The number of anilines is 1. The van der Waals surface area contributed by atoms with E-state index in [1.54, 1.807) is 0 Å². The third-order valence-electron chi connectivity index (χ3n) is 2.93. The first-order valence-electron chi connectivity index (χ1n) is 6.17. The molecule has 3 rings (SSSR count). The van der Waals surface area contributed by atoms with Crippen molar-refractivity contribution >= 4 is 22.8 Å². The van der Waals surface area contributed by atoms with Crippen molar-refractivity contribution in [2.24, 2.45) is 0 Å². The standard InChI is InChI=1S/C13H10F2N4O2/c1-2-10-16-13(19-18-10)17-12(20)7-5-21-9-4-6(14)3-8(15)11(7)9/h3-5H,2H2,1H3,(H2,16,17,18,19,20). The van der Waals surface area contributed by atoms with Crippen molar-refractivity contribution in [3.05, 3.63) is 41.4 Å². The molecule has 0 radical (unpaired) electrons. The molecule has 0 aliphatic heterocycles. The zero-order valence-electron chi connectivity index (χ0n) is 10.9. The number of furan rings is 1. The Labute approximate surface area is 117 Å². The maximum absolute atomic E-state index is 13.8. The molecule has 2 aromatic heterocycles. The molecule has 0 aliphatic rings. The summed E-state index contributed by atoms with van der Waals surface area (Å²) in [5, 5.41) is 8.78. The molecule has 8 heteroatoms. The number of rotatable bonds is 3.